The third-order valence-corrected chi connectivity index (χ3v) is 3.84. The Balaban J connectivity index is 2.36. The highest BCUT2D eigenvalue weighted by atomic mass is 16.5. The van der Waals surface area contributed by atoms with Gasteiger partial charge in [-0.25, -0.2) is 4.79 Å². The molecule has 138 valence electrons. The molecule has 0 aliphatic rings. The fourth-order valence-corrected chi connectivity index (χ4v) is 2.34. The molecule has 1 amide bonds. The second-order valence-corrected chi connectivity index (χ2v) is 6.70. The number of nitrogens with one attached hydrogen (secondary N) is 1. The zero-order valence-corrected chi connectivity index (χ0v) is 15.4. The van der Waals surface area contributed by atoms with Gasteiger partial charge in [-0.2, -0.15) is 0 Å². The van der Waals surface area contributed by atoms with Crippen LogP contribution in [0.5, 0.6) is 11.5 Å². The van der Waals surface area contributed by atoms with Crippen LogP contribution in [-0.4, -0.2) is 36.2 Å². The monoisotopic (exact) mass is 358 g/mol. The summed E-state index contributed by atoms with van der Waals surface area (Å²) in [6, 6.07) is 6.10. The fraction of sp³-hybridized carbons (Fsp3) is 0.316. The van der Waals surface area contributed by atoms with Crippen molar-refractivity contribution in [2.75, 3.05) is 19.5 Å². The maximum Gasteiger partial charge on any atom is 0.335 e. The predicted molar refractivity (Wildman–Crippen MR) is 97.4 cm³/mol. The molecule has 2 aromatic rings. The number of nitrogens with zero attached hydrogens (tertiary/aromatic N) is 1. The number of pyridine rings is 1. The van der Waals surface area contributed by atoms with Crippen molar-refractivity contribution in [2.24, 2.45) is 0 Å². The number of methoxy groups -OCH3 is 2. The molecule has 0 saturated carbocycles. The van der Waals surface area contributed by atoms with Gasteiger partial charge in [0.1, 0.15) is 5.69 Å². The van der Waals surface area contributed by atoms with Gasteiger partial charge in [-0.15, -0.1) is 0 Å². The minimum absolute atomic E-state index is 0.0333. The van der Waals surface area contributed by atoms with Gasteiger partial charge in [0.15, 0.2) is 11.5 Å². The number of rotatable bonds is 5. The molecular formula is C19H22N2O5. The molecule has 2 rings (SSSR count). The SMILES string of the molecule is COc1cc(C(=O)O)cc(NC(=O)c2ccc(C(C)(C)C)cn2)c1OC. The Morgan fingerprint density at radius 3 is 2.27 bits per heavy atom. The minimum atomic E-state index is -1.14. The molecule has 26 heavy (non-hydrogen) atoms. The van der Waals surface area contributed by atoms with Crippen molar-refractivity contribution in [3.05, 3.63) is 47.3 Å². The van der Waals surface area contributed by atoms with Crippen LogP contribution in [0.1, 0.15) is 47.2 Å². The Bertz CT molecular complexity index is 823. The zero-order chi connectivity index (χ0) is 19.5. The van der Waals surface area contributed by atoms with Gasteiger partial charge in [-0.05, 0) is 29.2 Å². The number of ether oxygens (including phenoxy) is 2. The zero-order valence-electron chi connectivity index (χ0n) is 15.4. The fourth-order valence-electron chi connectivity index (χ4n) is 2.34. The Labute approximate surface area is 152 Å². The van der Waals surface area contributed by atoms with Crippen LogP contribution in [0.3, 0.4) is 0 Å². The maximum atomic E-state index is 12.5. The van der Waals surface area contributed by atoms with Crippen molar-refractivity contribution in [2.45, 2.75) is 26.2 Å². The van der Waals surface area contributed by atoms with Gasteiger partial charge >= 0.3 is 5.97 Å². The number of aromatic carboxylic acids is 1. The van der Waals surface area contributed by atoms with Crippen molar-refractivity contribution in [3.63, 3.8) is 0 Å². The van der Waals surface area contributed by atoms with E-state index < -0.39 is 11.9 Å². The maximum absolute atomic E-state index is 12.5. The third kappa shape index (κ3) is 4.11. The molecular weight excluding hydrogens is 336 g/mol. The summed E-state index contributed by atoms with van der Waals surface area (Å²) in [5, 5.41) is 11.9. The first kappa shape index (κ1) is 19.2. The summed E-state index contributed by atoms with van der Waals surface area (Å²) in [6.45, 7) is 6.16. The van der Waals surface area contributed by atoms with Crippen molar-refractivity contribution in [1.29, 1.82) is 0 Å². The Hall–Kier alpha value is -3.09. The summed E-state index contributed by atoms with van der Waals surface area (Å²) >= 11 is 0. The number of carboxylic acids is 1. The highest BCUT2D eigenvalue weighted by Crippen LogP contribution is 2.37. The highest BCUT2D eigenvalue weighted by Gasteiger charge is 2.19. The van der Waals surface area contributed by atoms with E-state index in [1.807, 2.05) is 6.07 Å². The van der Waals surface area contributed by atoms with E-state index in [2.05, 4.69) is 31.1 Å². The smallest absolute Gasteiger partial charge is 0.335 e. The molecule has 0 aliphatic heterocycles. The van der Waals surface area contributed by atoms with Crippen molar-refractivity contribution >= 4 is 17.6 Å². The Morgan fingerprint density at radius 2 is 1.81 bits per heavy atom. The second-order valence-electron chi connectivity index (χ2n) is 6.70. The minimum Gasteiger partial charge on any atom is -0.493 e. The van der Waals surface area contributed by atoms with E-state index in [0.717, 1.165) is 5.56 Å². The predicted octanol–water partition coefficient (Wildman–Crippen LogP) is 3.35. The number of hydrogen-bond donors (Lipinski definition) is 2. The summed E-state index contributed by atoms with van der Waals surface area (Å²) in [6.07, 6.45) is 1.65. The lowest BCUT2D eigenvalue weighted by Gasteiger charge is -2.18. The number of amides is 1. The Morgan fingerprint density at radius 1 is 1.12 bits per heavy atom. The first-order chi connectivity index (χ1) is 12.2. The van der Waals surface area contributed by atoms with Crippen LogP contribution in [0.25, 0.3) is 0 Å². The first-order valence-corrected chi connectivity index (χ1v) is 7.94. The molecule has 7 nitrogen and oxygen atoms in total. The number of anilines is 1. The molecule has 2 N–H and O–H groups in total. The van der Waals surface area contributed by atoms with Gasteiger partial charge in [-0.1, -0.05) is 26.8 Å². The van der Waals surface area contributed by atoms with E-state index in [0.29, 0.717) is 0 Å². The van der Waals surface area contributed by atoms with Crippen molar-refractivity contribution < 1.29 is 24.2 Å². The number of carbonyl (C=O) groups excluding carboxylic acids is 1. The van der Waals surface area contributed by atoms with Gasteiger partial charge < -0.3 is 19.9 Å². The number of aromatic nitrogens is 1. The van der Waals surface area contributed by atoms with Crippen LogP contribution in [0.4, 0.5) is 5.69 Å². The number of carbonyl (C=O) groups is 2. The van der Waals surface area contributed by atoms with E-state index >= 15 is 0 Å². The normalized spacial score (nSPS) is 11.0. The van der Waals surface area contributed by atoms with E-state index in [1.54, 1.807) is 12.3 Å². The quantitative estimate of drug-likeness (QED) is 0.851. The van der Waals surface area contributed by atoms with Crippen LogP contribution < -0.4 is 14.8 Å². The molecule has 1 aromatic heterocycles. The topological polar surface area (TPSA) is 97.8 Å². The van der Waals surface area contributed by atoms with Crippen molar-refractivity contribution in [3.8, 4) is 11.5 Å². The number of benzene rings is 1. The summed E-state index contributed by atoms with van der Waals surface area (Å²) in [7, 11) is 2.80. The molecule has 1 aromatic carbocycles. The summed E-state index contributed by atoms with van der Waals surface area (Å²) < 4.78 is 10.4. The van der Waals surface area contributed by atoms with Gasteiger partial charge in [0.05, 0.1) is 25.5 Å². The van der Waals surface area contributed by atoms with E-state index in [9.17, 15) is 14.7 Å². The molecule has 0 saturated heterocycles. The summed E-state index contributed by atoms with van der Waals surface area (Å²) in [4.78, 5) is 28.0. The van der Waals surface area contributed by atoms with Gasteiger partial charge in [0, 0.05) is 6.20 Å². The van der Waals surface area contributed by atoms with Gasteiger partial charge in [0.2, 0.25) is 0 Å². The molecule has 1 heterocycles. The number of hydrogen-bond acceptors (Lipinski definition) is 5. The lowest BCUT2D eigenvalue weighted by Crippen LogP contribution is -2.17. The average Bonchev–Trinajstić information content (AvgIpc) is 2.60. The molecule has 0 radical (unpaired) electrons. The van der Waals surface area contributed by atoms with Crippen LogP contribution in [-0.2, 0) is 5.41 Å². The largest absolute Gasteiger partial charge is 0.493 e. The van der Waals surface area contributed by atoms with Crippen LogP contribution in [0.15, 0.2) is 30.5 Å². The summed E-state index contributed by atoms with van der Waals surface area (Å²) in [5.74, 6) is -1.18. The van der Waals surface area contributed by atoms with Gasteiger partial charge in [0.25, 0.3) is 5.91 Å². The van der Waals surface area contributed by atoms with Crippen LogP contribution in [0.2, 0.25) is 0 Å². The summed E-state index contributed by atoms with van der Waals surface area (Å²) in [5.41, 5.74) is 1.29. The molecule has 0 fully saturated rings. The molecule has 0 unspecified atom stereocenters. The lowest BCUT2D eigenvalue weighted by molar-refractivity contribution is 0.0696. The Kier molecular flexibility index (Phi) is 5.50. The van der Waals surface area contributed by atoms with Crippen molar-refractivity contribution in [1.82, 2.24) is 4.98 Å². The third-order valence-electron chi connectivity index (χ3n) is 3.84. The second kappa shape index (κ2) is 7.43. The average molecular weight is 358 g/mol. The lowest BCUT2D eigenvalue weighted by atomic mass is 9.88. The van der Waals surface area contributed by atoms with E-state index in [4.69, 9.17) is 9.47 Å². The molecule has 0 aliphatic carbocycles. The van der Waals surface area contributed by atoms with Gasteiger partial charge in [-0.3, -0.25) is 9.78 Å². The van der Waals surface area contributed by atoms with E-state index in [-0.39, 0.29) is 33.9 Å². The van der Waals surface area contributed by atoms with Crippen LogP contribution >= 0.6 is 0 Å². The number of carboxylic acid groups (broad SMARTS) is 1. The van der Waals surface area contributed by atoms with E-state index in [1.165, 1.54) is 26.4 Å². The highest BCUT2D eigenvalue weighted by molar-refractivity contribution is 6.05. The molecule has 7 heteroatoms. The molecule has 0 spiro atoms. The first-order valence-electron chi connectivity index (χ1n) is 7.94. The van der Waals surface area contributed by atoms with Crippen LogP contribution in [0, 0.1) is 0 Å². The molecule has 0 bridgehead atoms. The molecule has 0 atom stereocenters. The standard InChI is InChI=1S/C19H22N2O5/c1-19(2,3)12-6-7-13(20-10-12)17(22)21-14-8-11(18(23)24)9-15(25-4)16(14)26-5/h6-10H,1-5H3,(H,21,22)(H,23,24).